The minimum Gasteiger partial charge on any atom is -0.100 e. The zero-order valence-corrected chi connectivity index (χ0v) is 9.38. The number of hydrogen-bond acceptors (Lipinski definition) is 1. The molecule has 0 spiro atoms. The molecular formula is C10H20S. The lowest BCUT2D eigenvalue weighted by Gasteiger charge is -1.97. The molecule has 11 heavy (non-hydrogen) atoms. The molecule has 0 aromatic heterocycles. The van der Waals surface area contributed by atoms with Crippen molar-refractivity contribution in [1.82, 2.24) is 0 Å². The van der Waals surface area contributed by atoms with Gasteiger partial charge in [0.2, 0.25) is 0 Å². The molecule has 0 aliphatic heterocycles. The third kappa shape index (κ3) is 9.83. The fourth-order valence-corrected chi connectivity index (χ4v) is 1.12. The molecule has 1 heteroatoms. The summed E-state index contributed by atoms with van der Waals surface area (Å²) in [5.41, 5.74) is 0. The van der Waals surface area contributed by atoms with Gasteiger partial charge in [-0.25, -0.2) is 0 Å². The van der Waals surface area contributed by atoms with Gasteiger partial charge in [-0.3, -0.25) is 0 Å². The number of rotatable bonds is 2. The average Bonchev–Trinajstić information content (AvgIpc) is 2.07. The summed E-state index contributed by atoms with van der Waals surface area (Å²) in [6.07, 6.45) is 4.25. The van der Waals surface area contributed by atoms with Crippen LogP contribution in [0, 0.1) is 0 Å². The van der Waals surface area contributed by atoms with E-state index in [1.54, 1.807) is 0 Å². The van der Waals surface area contributed by atoms with E-state index in [2.05, 4.69) is 39.8 Å². The summed E-state index contributed by atoms with van der Waals surface area (Å²) in [6.45, 7) is 12.4. The van der Waals surface area contributed by atoms with Crippen molar-refractivity contribution in [1.29, 1.82) is 0 Å². The predicted octanol–water partition coefficient (Wildman–Crippen LogP) is 4.59. The minimum absolute atomic E-state index is 1.37. The highest BCUT2D eigenvalue weighted by molar-refractivity contribution is 8.06. The van der Waals surface area contributed by atoms with Gasteiger partial charge in [-0.2, -0.15) is 0 Å². The van der Waals surface area contributed by atoms with Crippen LogP contribution in [-0.4, -0.2) is 0 Å². The molecule has 0 heterocycles. The Morgan fingerprint density at radius 2 is 1.18 bits per heavy atom. The van der Waals surface area contributed by atoms with Crippen LogP contribution >= 0.6 is 11.8 Å². The Bertz CT molecular complexity index is 116. The standard InChI is InChI=1S/C8H14S.C2H6/c1-5-7(3)9-8(4)6-2;1-2/h5-6H,1-4H3;1-2H3/b7-5-,8-6-;. The molecule has 0 fully saturated rings. The second-order valence-electron chi connectivity index (χ2n) is 1.90. The van der Waals surface area contributed by atoms with Crippen LogP contribution in [0.4, 0.5) is 0 Å². The van der Waals surface area contributed by atoms with Crippen molar-refractivity contribution in [2.75, 3.05) is 0 Å². The van der Waals surface area contributed by atoms with E-state index in [9.17, 15) is 0 Å². The van der Waals surface area contributed by atoms with Crippen molar-refractivity contribution in [2.24, 2.45) is 0 Å². The summed E-state index contributed by atoms with van der Waals surface area (Å²) < 4.78 is 0. The zero-order valence-electron chi connectivity index (χ0n) is 8.56. The Morgan fingerprint density at radius 3 is 1.36 bits per heavy atom. The molecule has 66 valence electrons. The van der Waals surface area contributed by atoms with Crippen LogP contribution in [0.5, 0.6) is 0 Å². The Labute approximate surface area is 75.8 Å². The van der Waals surface area contributed by atoms with Crippen LogP contribution < -0.4 is 0 Å². The van der Waals surface area contributed by atoms with E-state index in [-0.39, 0.29) is 0 Å². The normalized spacial score (nSPS) is 12.2. The van der Waals surface area contributed by atoms with E-state index >= 15 is 0 Å². The second kappa shape index (κ2) is 9.83. The predicted molar refractivity (Wildman–Crippen MR) is 57.8 cm³/mol. The molecule has 0 N–H and O–H groups in total. The molecule has 0 aromatic rings. The van der Waals surface area contributed by atoms with Crippen molar-refractivity contribution in [3.05, 3.63) is 22.0 Å². The minimum atomic E-state index is 1.37. The first-order valence-electron chi connectivity index (χ1n) is 4.14. The zero-order chi connectivity index (χ0) is 9.28. The Morgan fingerprint density at radius 1 is 0.909 bits per heavy atom. The molecule has 0 atom stereocenters. The molecule has 0 rings (SSSR count). The van der Waals surface area contributed by atoms with Gasteiger partial charge >= 0.3 is 0 Å². The maximum atomic E-state index is 2.12. The molecule has 0 amide bonds. The summed E-state index contributed by atoms with van der Waals surface area (Å²) in [4.78, 5) is 2.73. The van der Waals surface area contributed by atoms with Crippen LogP contribution in [0.1, 0.15) is 41.5 Å². The van der Waals surface area contributed by atoms with Crippen LogP contribution in [0.15, 0.2) is 22.0 Å². The largest absolute Gasteiger partial charge is 0.100 e. The van der Waals surface area contributed by atoms with E-state index in [0.717, 1.165) is 0 Å². The lowest BCUT2D eigenvalue weighted by molar-refractivity contribution is 1.50. The fraction of sp³-hybridized carbons (Fsp3) is 0.600. The average molecular weight is 172 g/mol. The van der Waals surface area contributed by atoms with E-state index in [1.165, 1.54) is 9.81 Å². The summed E-state index contributed by atoms with van der Waals surface area (Å²) >= 11 is 1.82. The number of allylic oxidation sites excluding steroid dienone is 4. The SMILES string of the molecule is C/C=C(/C)S/C(C)=C\C.CC. The quantitative estimate of drug-likeness (QED) is 0.587. The third-order valence-corrected chi connectivity index (χ3v) is 2.25. The Balaban J connectivity index is 0. The van der Waals surface area contributed by atoms with Crippen molar-refractivity contribution in [2.45, 2.75) is 41.5 Å². The van der Waals surface area contributed by atoms with E-state index < -0.39 is 0 Å². The summed E-state index contributed by atoms with van der Waals surface area (Å²) in [6, 6.07) is 0. The smallest absolute Gasteiger partial charge is 0.0180 e. The monoisotopic (exact) mass is 172 g/mol. The number of thioether (sulfide) groups is 1. The summed E-state index contributed by atoms with van der Waals surface area (Å²) in [5.74, 6) is 0. The van der Waals surface area contributed by atoms with Gasteiger partial charge in [0, 0.05) is 0 Å². The molecule has 0 bridgehead atoms. The lowest BCUT2D eigenvalue weighted by atomic mass is 10.6. The van der Waals surface area contributed by atoms with Gasteiger partial charge in [-0.15, -0.1) is 11.8 Å². The van der Waals surface area contributed by atoms with Gasteiger partial charge in [-0.05, 0) is 37.5 Å². The second-order valence-corrected chi connectivity index (χ2v) is 3.39. The summed E-state index contributed by atoms with van der Waals surface area (Å²) in [5, 5.41) is 0. The lowest BCUT2D eigenvalue weighted by Crippen LogP contribution is -1.66. The van der Waals surface area contributed by atoms with E-state index in [4.69, 9.17) is 0 Å². The van der Waals surface area contributed by atoms with Crippen LogP contribution in [0.2, 0.25) is 0 Å². The Kier molecular flexibility index (Phi) is 12.0. The molecule has 0 aliphatic carbocycles. The van der Waals surface area contributed by atoms with Gasteiger partial charge < -0.3 is 0 Å². The molecular weight excluding hydrogens is 152 g/mol. The van der Waals surface area contributed by atoms with Gasteiger partial charge in [0.1, 0.15) is 0 Å². The van der Waals surface area contributed by atoms with Crippen LogP contribution in [-0.2, 0) is 0 Å². The maximum Gasteiger partial charge on any atom is -0.0180 e. The van der Waals surface area contributed by atoms with Gasteiger partial charge in [0.25, 0.3) is 0 Å². The van der Waals surface area contributed by atoms with Crippen LogP contribution in [0.3, 0.4) is 0 Å². The summed E-state index contributed by atoms with van der Waals surface area (Å²) in [7, 11) is 0. The first kappa shape index (κ1) is 13.4. The molecule has 0 aliphatic rings. The first-order valence-corrected chi connectivity index (χ1v) is 4.96. The first-order chi connectivity index (χ1) is 5.20. The molecule has 0 saturated carbocycles. The molecule has 0 aromatic carbocycles. The molecule has 0 saturated heterocycles. The van der Waals surface area contributed by atoms with Crippen LogP contribution in [0.25, 0.3) is 0 Å². The highest BCUT2D eigenvalue weighted by Crippen LogP contribution is 2.23. The van der Waals surface area contributed by atoms with Crippen molar-refractivity contribution in [3.63, 3.8) is 0 Å². The van der Waals surface area contributed by atoms with Crippen molar-refractivity contribution >= 4 is 11.8 Å². The van der Waals surface area contributed by atoms with Crippen molar-refractivity contribution in [3.8, 4) is 0 Å². The fourth-order valence-electron chi connectivity index (χ4n) is 0.372. The topological polar surface area (TPSA) is 0 Å². The van der Waals surface area contributed by atoms with E-state index in [1.807, 2.05) is 25.6 Å². The van der Waals surface area contributed by atoms with Gasteiger partial charge in [0.05, 0.1) is 0 Å². The third-order valence-electron chi connectivity index (χ3n) is 1.14. The Hall–Kier alpha value is -0.170. The molecule has 0 unspecified atom stereocenters. The van der Waals surface area contributed by atoms with Crippen molar-refractivity contribution < 1.29 is 0 Å². The molecule has 0 nitrogen and oxygen atoms in total. The van der Waals surface area contributed by atoms with Gasteiger partial charge in [-0.1, -0.05) is 26.0 Å². The highest BCUT2D eigenvalue weighted by atomic mass is 32.2. The van der Waals surface area contributed by atoms with Gasteiger partial charge in [0.15, 0.2) is 0 Å². The number of hydrogen-bond donors (Lipinski definition) is 0. The van der Waals surface area contributed by atoms with E-state index in [0.29, 0.717) is 0 Å². The molecule has 0 radical (unpaired) electrons. The highest BCUT2D eigenvalue weighted by Gasteiger charge is 1.88. The maximum absolute atomic E-state index is 2.12.